The van der Waals surface area contributed by atoms with E-state index >= 15 is 0 Å². The molecule has 0 saturated carbocycles. The van der Waals surface area contributed by atoms with Crippen molar-refractivity contribution >= 4 is 29.9 Å². The second-order valence-corrected chi connectivity index (χ2v) is 7.75. The van der Waals surface area contributed by atoms with E-state index in [1.54, 1.807) is 0 Å². The fourth-order valence-electron chi connectivity index (χ4n) is 3.67. The molecule has 1 aliphatic heterocycles. The maximum atomic E-state index is 4.63. The summed E-state index contributed by atoms with van der Waals surface area (Å²) in [6, 6.07) is 16.7. The molecule has 2 N–H and O–H groups in total. The van der Waals surface area contributed by atoms with Crippen molar-refractivity contribution in [2.24, 2.45) is 4.99 Å². The molecule has 1 aromatic heterocycles. The Labute approximate surface area is 204 Å². The van der Waals surface area contributed by atoms with Crippen molar-refractivity contribution in [3.05, 3.63) is 66.0 Å². The summed E-state index contributed by atoms with van der Waals surface area (Å²) < 4.78 is 0. The lowest BCUT2D eigenvalue weighted by atomic mass is 10.2. The molecule has 0 bridgehead atoms. The first-order chi connectivity index (χ1) is 14.8. The Kier molecular flexibility index (Phi) is 12.5. The van der Waals surface area contributed by atoms with E-state index in [4.69, 9.17) is 0 Å². The van der Waals surface area contributed by atoms with Gasteiger partial charge in [-0.05, 0) is 44.0 Å². The van der Waals surface area contributed by atoms with Crippen molar-refractivity contribution in [3.8, 4) is 0 Å². The number of nitrogens with zero attached hydrogens (tertiary/aromatic N) is 4. The smallest absolute Gasteiger partial charge is 0.191 e. The largest absolute Gasteiger partial charge is 0.357 e. The fourth-order valence-corrected chi connectivity index (χ4v) is 3.67. The van der Waals surface area contributed by atoms with Gasteiger partial charge in [-0.1, -0.05) is 36.4 Å². The Bertz CT molecular complexity index is 732. The minimum Gasteiger partial charge on any atom is -0.357 e. The lowest BCUT2D eigenvalue weighted by molar-refractivity contribution is 0.126. The molecular weight excluding hydrogens is 499 g/mol. The standard InChI is InChI=1S/C24H36N6.HI/c1-2-25-24(28-20-23-12-6-7-13-26-23)27-14-8-9-15-29-16-18-30(19-17-29)21-22-10-4-3-5-11-22;/h3-7,10-13H,2,8-9,14-21H2,1H3,(H2,25,27,28);1H. The monoisotopic (exact) mass is 536 g/mol. The van der Waals surface area contributed by atoms with E-state index < -0.39 is 0 Å². The van der Waals surface area contributed by atoms with Crippen molar-refractivity contribution in [1.82, 2.24) is 25.4 Å². The molecule has 3 rings (SSSR count). The summed E-state index contributed by atoms with van der Waals surface area (Å²) in [4.78, 5) is 14.1. The minimum atomic E-state index is 0. The summed E-state index contributed by atoms with van der Waals surface area (Å²) in [6.07, 6.45) is 4.18. The van der Waals surface area contributed by atoms with Gasteiger partial charge in [-0.3, -0.25) is 9.88 Å². The van der Waals surface area contributed by atoms with Crippen LogP contribution in [-0.2, 0) is 13.1 Å². The van der Waals surface area contributed by atoms with Crippen LogP contribution in [-0.4, -0.2) is 66.6 Å². The molecule has 2 heterocycles. The second kappa shape index (κ2) is 15.2. The van der Waals surface area contributed by atoms with Gasteiger partial charge < -0.3 is 15.5 Å². The Morgan fingerprint density at radius 2 is 1.68 bits per heavy atom. The quantitative estimate of drug-likeness (QED) is 0.211. The van der Waals surface area contributed by atoms with Crippen molar-refractivity contribution in [3.63, 3.8) is 0 Å². The maximum Gasteiger partial charge on any atom is 0.191 e. The number of aromatic nitrogens is 1. The van der Waals surface area contributed by atoms with Gasteiger partial charge in [0.2, 0.25) is 0 Å². The zero-order chi connectivity index (χ0) is 20.9. The average Bonchev–Trinajstić information content (AvgIpc) is 2.79. The number of aliphatic imine (C=N–C) groups is 1. The van der Waals surface area contributed by atoms with E-state index in [9.17, 15) is 0 Å². The van der Waals surface area contributed by atoms with E-state index in [1.165, 1.54) is 31.6 Å². The van der Waals surface area contributed by atoms with Gasteiger partial charge in [-0.2, -0.15) is 0 Å². The molecule has 0 amide bonds. The predicted molar refractivity (Wildman–Crippen MR) is 140 cm³/mol. The molecular formula is C24H37IN6. The molecule has 1 aromatic carbocycles. The van der Waals surface area contributed by atoms with Crippen molar-refractivity contribution < 1.29 is 0 Å². The third-order valence-electron chi connectivity index (χ3n) is 5.38. The lowest BCUT2D eigenvalue weighted by Gasteiger charge is -2.34. The van der Waals surface area contributed by atoms with Gasteiger partial charge in [0.15, 0.2) is 5.96 Å². The van der Waals surface area contributed by atoms with Crippen LogP contribution in [0.5, 0.6) is 0 Å². The van der Waals surface area contributed by atoms with Crippen LogP contribution in [0.1, 0.15) is 31.0 Å². The molecule has 1 aliphatic rings. The van der Waals surface area contributed by atoms with E-state index in [-0.39, 0.29) is 24.0 Å². The van der Waals surface area contributed by atoms with Crippen LogP contribution in [0.15, 0.2) is 59.7 Å². The van der Waals surface area contributed by atoms with Gasteiger partial charge in [-0.25, -0.2) is 4.99 Å². The Hall–Kier alpha value is -1.71. The number of guanidine groups is 1. The van der Waals surface area contributed by atoms with Crippen LogP contribution < -0.4 is 10.6 Å². The van der Waals surface area contributed by atoms with Gasteiger partial charge in [0.1, 0.15) is 0 Å². The third-order valence-corrected chi connectivity index (χ3v) is 5.38. The molecule has 1 fully saturated rings. The summed E-state index contributed by atoms with van der Waals surface area (Å²) in [5.41, 5.74) is 2.40. The summed E-state index contributed by atoms with van der Waals surface area (Å²) >= 11 is 0. The first kappa shape index (κ1) is 25.5. The zero-order valence-corrected chi connectivity index (χ0v) is 21.0. The highest BCUT2D eigenvalue weighted by Gasteiger charge is 2.16. The van der Waals surface area contributed by atoms with Gasteiger partial charge in [0, 0.05) is 52.0 Å². The van der Waals surface area contributed by atoms with E-state index in [0.29, 0.717) is 6.54 Å². The van der Waals surface area contributed by atoms with Gasteiger partial charge in [0.25, 0.3) is 0 Å². The minimum absolute atomic E-state index is 0. The summed E-state index contributed by atoms with van der Waals surface area (Å²) in [5, 5.41) is 6.76. The topological polar surface area (TPSA) is 55.8 Å². The zero-order valence-electron chi connectivity index (χ0n) is 18.7. The van der Waals surface area contributed by atoms with Crippen LogP contribution in [0.4, 0.5) is 0 Å². The van der Waals surface area contributed by atoms with Crippen molar-refractivity contribution in [2.45, 2.75) is 32.9 Å². The molecule has 0 unspecified atom stereocenters. The number of unbranched alkanes of at least 4 members (excludes halogenated alkanes) is 1. The highest BCUT2D eigenvalue weighted by Crippen LogP contribution is 2.09. The Morgan fingerprint density at radius 1 is 0.935 bits per heavy atom. The van der Waals surface area contributed by atoms with E-state index in [2.05, 4.69) is 67.7 Å². The van der Waals surface area contributed by atoms with Crippen LogP contribution in [0.3, 0.4) is 0 Å². The number of halogens is 1. The molecule has 1 saturated heterocycles. The van der Waals surface area contributed by atoms with Gasteiger partial charge in [0.05, 0.1) is 12.2 Å². The highest BCUT2D eigenvalue weighted by atomic mass is 127. The predicted octanol–water partition coefficient (Wildman–Crippen LogP) is 3.35. The molecule has 170 valence electrons. The number of rotatable bonds is 10. The molecule has 31 heavy (non-hydrogen) atoms. The molecule has 2 aromatic rings. The number of nitrogens with one attached hydrogen (secondary N) is 2. The summed E-state index contributed by atoms with van der Waals surface area (Å²) in [5.74, 6) is 0.873. The summed E-state index contributed by atoms with van der Waals surface area (Å²) in [6.45, 7) is 11.4. The first-order valence-corrected chi connectivity index (χ1v) is 11.2. The Balaban J connectivity index is 0.00000341. The second-order valence-electron chi connectivity index (χ2n) is 7.75. The van der Waals surface area contributed by atoms with E-state index in [0.717, 1.165) is 50.8 Å². The number of benzene rings is 1. The molecule has 6 nitrogen and oxygen atoms in total. The number of hydrogen-bond acceptors (Lipinski definition) is 4. The number of hydrogen-bond donors (Lipinski definition) is 2. The normalized spacial score (nSPS) is 15.3. The maximum absolute atomic E-state index is 4.63. The number of piperazine rings is 1. The van der Waals surface area contributed by atoms with Crippen LogP contribution in [0.25, 0.3) is 0 Å². The Morgan fingerprint density at radius 3 is 2.39 bits per heavy atom. The lowest BCUT2D eigenvalue weighted by Crippen LogP contribution is -2.46. The molecule has 0 spiro atoms. The van der Waals surface area contributed by atoms with E-state index in [1.807, 2.05) is 24.4 Å². The number of pyridine rings is 1. The third kappa shape index (κ3) is 9.97. The van der Waals surface area contributed by atoms with Crippen LogP contribution >= 0.6 is 24.0 Å². The van der Waals surface area contributed by atoms with Gasteiger partial charge in [-0.15, -0.1) is 24.0 Å². The first-order valence-electron chi connectivity index (χ1n) is 11.2. The highest BCUT2D eigenvalue weighted by molar-refractivity contribution is 14.0. The fraction of sp³-hybridized carbons (Fsp3) is 0.500. The van der Waals surface area contributed by atoms with Gasteiger partial charge >= 0.3 is 0 Å². The molecule has 0 atom stereocenters. The van der Waals surface area contributed by atoms with Crippen molar-refractivity contribution in [1.29, 1.82) is 0 Å². The SMILES string of the molecule is CCNC(=NCc1ccccn1)NCCCCN1CCN(Cc2ccccc2)CC1.I. The average molecular weight is 537 g/mol. The molecule has 0 aliphatic carbocycles. The van der Waals surface area contributed by atoms with Crippen molar-refractivity contribution in [2.75, 3.05) is 45.8 Å². The van der Waals surface area contributed by atoms with Crippen LogP contribution in [0, 0.1) is 0 Å². The molecule has 7 heteroatoms. The molecule has 0 radical (unpaired) electrons. The summed E-state index contributed by atoms with van der Waals surface area (Å²) in [7, 11) is 0. The van der Waals surface area contributed by atoms with Crippen LogP contribution in [0.2, 0.25) is 0 Å².